The average molecular weight is 310 g/mol. The van der Waals surface area contributed by atoms with Crippen LogP contribution in [-0.2, 0) is 0 Å². The van der Waals surface area contributed by atoms with Crippen molar-refractivity contribution in [2.75, 3.05) is 0 Å². The standard InChI is InChI=1S/C14H15FN2OS2/c1-7-13(20-9(3)16-7)8(2)17-14(18)11-6-10(19)4-5-12(11)15/h4-6,8,19H,1-3H3,(H,17,18). The van der Waals surface area contributed by atoms with Crippen molar-refractivity contribution in [3.05, 3.63) is 45.2 Å². The van der Waals surface area contributed by atoms with Crippen molar-refractivity contribution in [3.63, 3.8) is 0 Å². The zero-order valence-corrected chi connectivity index (χ0v) is 13.1. The summed E-state index contributed by atoms with van der Waals surface area (Å²) in [6, 6.07) is 3.96. The van der Waals surface area contributed by atoms with Crippen LogP contribution in [0.25, 0.3) is 0 Å². The van der Waals surface area contributed by atoms with Gasteiger partial charge in [0.05, 0.1) is 22.3 Å². The first kappa shape index (κ1) is 15.0. The summed E-state index contributed by atoms with van der Waals surface area (Å²) in [5.41, 5.74) is 0.895. The van der Waals surface area contributed by atoms with E-state index in [0.29, 0.717) is 4.90 Å². The highest BCUT2D eigenvalue weighted by Crippen LogP contribution is 2.25. The van der Waals surface area contributed by atoms with Gasteiger partial charge in [-0.05, 0) is 39.0 Å². The van der Waals surface area contributed by atoms with Crippen LogP contribution < -0.4 is 5.32 Å². The van der Waals surface area contributed by atoms with E-state index in [2.05, 4.69) is 22.9 Å². The second-order valence-corrected chi connectivity index (χ2v) is 6.29. The van der Waals surface area contributed by atoms with Crippen LogP contribution in [0.1, 0.15) is 38.9 Å². The lowest BCUT2D eigenvalue weighted by atomic mass is 10.1. The third-order valence-corrected chi connectivity index (χ3v) is 4.41. The molecule has 1 N–H and O–H groups in total. The van der Waals surface area contributed by atoms with Crippen LogP contribution in [0.15, 0.2) is 23.1 Å². The van der Waals surface area contributed by atoms with Crippen molar-refractivity contribution in [1.82, 2.24) is 10.3 Å². The minimum atomic E-state index is -0.551. The number of aryl methyl sites for hydroxylation is 2. The third kappa shape index (κ3) is 3.19. The van der Waals surface area contributed by atoms with Crippen LogP contribution in [0.3, 0.4) is 0 Å². The fourth-order valence-corrected chi connectivity index (χ4v) is 3.11. The quantitative estimate of drug-likeness (QED) is 0.849. The predicted molar refractivity (Wildman–Crippen MR) is 81.1 cm³/mol. The Morgan fingerprint density at radius 1 is 1.45 bits per heavy atom. The zero-order valence-electron chi connectivity index (χ0n) is 11.4. The molecule has 1 aromatic carbocycles. The molecule has 20 heavy (non-hydrogen) atoms. The molecular weight excluding hydrogens is 295 g/mol. The molecule has 0 radical (unpaired) electrons. The molecule has 0 saturated heterocycles. The first-order valence-corrected chi connectivity index (χ1v) is 7.38. The number of carbonyl (C=O) groups excluding carboxylic acids is 1. The Bertz CT molecular complexity index is 655. The summed E-state index contributed by atoms with van der Waals surface area (Å²) in [5.74, 6) is -0.999. The maximum atomic E-state index is 13.7. The molecule has 0 aliphatic carbocycles. The average Bonchev–Trinajstić information content (AvgIpc) is 2.71. The van der Waals surface area contributed by atoms with Crippen molar-refractivity contribution < 1.29 is 9.18 Å². The van der Waals surface area contributed by atoms with Gasteiger partial charge >= 0.3 is 0 Å². The summed E-state index contributed by atoms with van der Waals surface area (Å²) in [5, 5.41) is 3.74. The van der Waals surface area contributed by atoms with Gasteiger partial charge in [0, 0.05) is 9.77 Å². The second-order valence-electron chi connectivity index (χ2n) is 4.54. The number of aromatic nitrogens is 1. The smallest absolute Gasteiger partial charge is 0.254 e. The van der Waals surface area contributed by atoms with Crippen LogP contribution in [0.2, 0.25) is 0 Å². The number of halogens is 1. The summed E-state index contributed by atoms with van der Waals surface area (Å²) in [6.45, 7) is 5.68. The van der Waals surface area contributed by atoms with Crippen LogP contribution in [0, 0.1) is 19.7 Å². The highest BCUT2D eigenvalue weighted by molar-refractivity contribution is 7.80. The van der Waals surface area contributed by atoms with E-state index < -0.39 is 11.7 Å². The summed E-state index contributed by atoms with van der Waals surface area (Å²) in [4.78, 5) is 18.0. The maximum absolute atomic E-state index is 13.7. The van der Waals surface area contributed by atoms with Gasteiger partial charge in [0.15, 0.2) is 0 Å². The first-order valence-electron chi connectivity index (χ1n) is 6.11. The molecule has 0 saturated carbocycles. The zero-order chi connectivity index (χ0) is 14.9. The lowest BCUT2D eigenvalue weighted by molar-refractivity contribution is 0.0936. The Labute approximate surface area is 126 Å². The number of amides is 1. The number of hydrogen-bond acceptors (Lipinski definition) is 4. The fraction of sp³-hybridized carbons (Fsp3) is 0.286. The summed E-state index contributed by atoms with van der Waals surface area (Å²) in [6.07, 6.45) is 0. The number of benzene rings is 1. The van der Waals surface area contributed by atoms with E-state index in [-0.39, 0.29) is 11.6 Å². The topological polar surface area (TPSA) is 42.0 Å². The number of rotatable bonds is 3. The van der Waals surface area contributed by atoms with Crippen molar-refractivity contribution in [1.29, 1.82) is 0 Å². The van der Waals surface area contributed by atoms with E-state index in [9.17, 15) is 9.18 Å². The highest BCUT2D eigenvalue weighted by atomic mass is 32.1. The lowest BCUT2D eigenvalue weighted by Gasteiger charge is -2.13. The Morgan fingerprint density at radius 3 is 2.75 bits per heavy atom. The Hall–Kier alpha value is -1.40. The molecular formula is C14H15FN2OS2. The van der Waals surface area contributed by atoms with Gasteiger partial charge < -0.3 is 5.32 Å². The summed E-state index contributed by atoms with van der Waals surface area (Å²) < 4.78 is 13.7. The number of carbonyl (C=O) groups is 1. The molecule has 1 amide bonds. The molecule has 1 atom stereocenters. The molecule has 0 spiro atoms. The second kappa shape index (κ2) is 5.93. The normalized spacial score (nSPS) is 12.2. The van der Waals surface area contributed by atoms with Gasteiger partial charge in [-0.1, -0.05) is 0 Å². The maximum Gasteiger partial charge on any atom is 0.254 e. The van der Waals surface area contributed by atoms with Crippen molar-refractivity contribution in [2.45, 2.75) is 31.7 Å². The van der Waals surface area contributed by atoms with Gasteiger partial charge in [0.1, 0.15) is 5.82 Å². The van der Waals surface area contributed by atoms with Crippen LogP contribution in [-0.4, -0.2) is 10.9 Å². The van der Waals surface area contributed by atoms with E-state index in [4.69, 9.17) is 0 Å². The molecule has 2 rings (SSSR count). The van der Waals surface area contributed by atoms with E-state index >= 15 is 0 Å². The molecule has 0 bridgehead atoms. The van der Waals surface area contributed by atoms with Gasteiger partial charge in [0.2, 0.25) is 0 Å². The number of nitrogens with zero attached hydrogens (tertiary/aromatic N) is 1. The van der Waals surface area contributed by atoms with Crippen LogP contribution in [0.4, 0.5) is 4.39 Å². The van der Waals surface area contributed by atoms with E-state index in [1.165, 1.54) is 29.5 Å². The summed E-state index contributed by atoms with van der Waals surface area (Å²) in [7, 11) is 0. The molecule has 6 heteroatoms. The number of thiol groups is 1. The van der Waals surface area contributed by atoms with Crippen LogP contribution >= 0.6 is 24.0 Å². The molecule has 1 aromatic heterocycles. The number of nitrogens with one attached hydrogen (secondary N) is 1. The molecule has 1 heterocycles. The van der Waals surface area contributed by atoms with Crippen molar-refractivity contribution >= 4 is 29.9 Å². The molecule has 0 aliphatic heterocycles. The monoisotopic (exact) mass is 310 g/mol. The van der Waals surface area contributed by atoms with Crippen LogP contribution in [0.5, 0.6) is 0 Å². The van der Waals surface area contributed by atoms with E-state index in [1.54, 1.807) is 0 Å². The number of hydrogen-bond donors (Lipinski definition) is 2. The minimum Gasteiger partial charge on any atom is -0.345 e. The fourth-order valence-electron chi connectivity index (χ4n) is 1.98. The number of thiazole rings is 1. The molecule has 1 unspecified atom stereocenters. The van der Waals surface area contributed by atoms with Gasteiger partial charge in [-0.3, -0.25) is 4.79 Å². The third-order valence-electron chi connectivity index (χ3n) is 2.87. The Kier molecular flexibility index (Phi) is 4.45. The Morgan fingerprint density at radius 2 is 2.15 bits per heavy atom. The van der Waals surface area contributed by atoms with E-state index in [0.717, 1.165) is 15.6 Å². The highest BCUT2D eigenvalue weighted by Gasteiger charge is 2.18. The first-order chi connectivity index (χ1) is 9.38. The minimum absolute atomic E-state index is 0.00300. The SMILES string of the molecule is Cc1nc(C)c(C(C)NC(=O)c2cc(S)ccc2F)s1. The summed E-state index contributed by atoms with van der Waals surface area (Å²) >= 11 is 5.65. The van der Waals surface area contributed by atoms with Crippen molar-refractivity contribution in [3.8, 4) is 0 Å². The van der Waals surface area contributed by atoms with Gasteiger partial charge in [0.25, 0.3) is 5.91 Å². The lowest BCUT2D eigenvalue weighted by Crippen LogP contribution is -2.27. The van der Waals surface area contributed by atoms with Gasteiger partial charge in [-0.2, -0.15) is 0 Å². The Balaban J connectivity index is 2.19. The predicted octanol–water partition coefficient (Wildman–Crippen LogP) is 3.68. The van der Waals surface area contributed by atoms with Gasteiger partial charge in [-0.25, -0.2) is 9.37 Å². The molecule has 106 valence electrons. The largest absolute Gasteiger partial charge is 0.345 e. The van der Waals surface area contributed by atoms with E-state index in [1.807, 2.05) is 20.8 Å². The molecule has 0 aliphatic rings. The van der Waals surface area contributed by atoms with Gasteiger partial charge in [-0.15, -0.1) is 24.0 Å². The molecule has 2 aromatic rings. The molecule has 0 fully saturated rings. The molecule has 3 nitrogen and oxygen atoms in total. The van der Waals surface area contributed by atoms with Crippen molar-refractivity contribution in [2.24, 2.45) is 0 Å².